The minimum absolute atomic E-state index is 0.0253. The fraction of sp³-hybridized carbons (Fsp3) is 0.258. The Kier molecular flexibility index (Phi) is 13.0. The summed E-state index contributed by atoms with van der Waals surface area (Å²) in [5.41, 5.74) is 7.37. The number of carboxylic acids is 2. The fourth-order valence-electron chi connectivity index (χ4n) is 3.69. The Morgan fingerprint density at radius 1 is 0.886 bits per heavy atom. The van der Waals surface area contributed by atoms with Gasteiger partial charge in [-0.15, -0.1) is 0 Å². The Morgan fingerprint density at radius 3 is 1.66 bits per heavy atom. The number of carbonyl (C=O) groups excluding carboxylic acids is 2. The zero-order chi connectivity index (χ0) is 33.0. The van der Waals surface area contributed by atoms with Crippen LogP contribution in [-0.4, -0.2) is 63.6 Å². The number of nitriles is 1. The van der Waals surface area contributed by atoms with Crippen LogP contribution in [0.3, 0.4) is 0 Å². The topological polar surface area (TPSA) is 209 Å². The number of anilines is 1. The summed E-state index contributed by atoms with van der Waals surface area (Å²) in [5.74, 6) is -5.63. The molecule has 13 heteroatoms. The number of aliphatic carboxylic acids is 2. The summed E-state index contributed by atoms with van der Waals surface area (Å²) in [6, 6.07) is 20.2. The maximum absolute atomic E-state index is 12.0. The summed E-state index contributed by atoms with van der Waals surface area (Å²) in [4.78, 5) is 46.8. The molecule has 0 radical (unpaired) electrons. The summed E-state index contributed by atoms with van der Waals surface area (Å²) < 4.78 is 10.2. The van der Waals surface area contributed by atoms with Crippen LogP contribution in [0.4, 0.5) is 5.69 Å². The number of esters is 2. The van der Waals surface area contributed by atoms with Crippen LogP contribution in [-0.2, 0) is 19.1 Å². The lowest BCUT2D eigenvalue weighted by Gasteiger charge is -2.28. The molecule has 44 heavy (non-hydrogen) atoms. The van der Waals surface area contributed by atoms with Gasteiger partial charge in [-0.2, -0.15) is 5.26 Å². The van der Waals surface area contributed by atoms with Crippen molar-refractivity contribution in [3.63, 3.8) is 0 Å². The number of halogens is 1. The number of nitrogen functional groups attached to an aromatic ring is 1. The number of benzene rings is 3. The van der Waals surface area contributed by atoms with Crippen LogP contribution in [0, 0.1) is 11.3 Å². The quantitative estimate of drug-likeness (QED) is 0.154. The number of carboxylic acid groups (broad SMARTS) is 2. The van der Waals surface area contributed by atoms with Crippen molar-refractivity contribution in [1.82, 2.24) is 5.32 Å². The molecule has 0 saturated heterocycles. The Hall–Kier alpha value is -4.77. The summed E-state index contributed by atoms with van der Waals surface area (Å²) in [7, 11) is 0. The Labute approximate surface area is 262 Å². The number of carbonyl (C=O) groups is 4. The van der Waals surface area contributed by atoms with Gasteiger partial charge >= 0.3 is 23.9 Å². The molecule has 0 spiro atoms. The third-order valence-corrected chi connectivity index (χ3v) is 6.37. The van der Waals surface area contributed by atoms with Gasteiger partial charge in [-0.25, -0.2) is 19.2 Å². The number of nitrogens with zero attached hydrogens (tertiary/aromatic N) is 1. The number of aliphatic hydroxyl groups is 1. The van der Waals surface area contributed by atoms with Gasteiger partial charge in [0.1, 0.15) is 6.07 Å². The number of hydrogen-bond donors (Lipinski definition) is 5. The number of nitrogens with two attached hydrogens (primary N) is 1. The van der Waals surface area contributed by atoms with Gasteiger partial charge in [-0.3, -0.25) is 0 Å². The average molecular weight is 671 g/mol. The molecule has 0 fully saturated rings. The van der Waals surface area contributed by atoms with Crippen LogP contribution < -0.4 is 11.1 Å². The molecule has 0 saturated carbocycles. The van der Waals surface area contributed by atoms with E-state index in [1.54, 1.807) is 18.2 Å². The standard InChI is InChI=1S/C18H14O8.C13H18BrN3O/c19-15(20)13(25-17(23)11-7-3-1-4-8-11)14(16(21)22)26-18(24)12-9-5-2-6-10-12;1-13(2,3)17-11(7-18)8-4-9(6-15)12(16)10(14)5-8/h1-10,13-14H,(H,19,20)(H,21,22);4-5,11,17-18H,7,16H2,1-3H3/t13-,14-;/m1./s1. The van der Waals surface area contributed by atoms with Crippen LogP contribution in [0.15, 0.2) is 77.3 Å². The highest BCUT2D eigenvalue weighted by atomic mass is 79.9. The van der Waals surface area contributed by atoms with Crippen LogP contribution >= 0.6 is 15.9 Å². The second-order valence-corrected chi connectivity index (χ2v) is 11.1. The van der Waals surface area contributed by atoms with Crippen LogP contribution in [0.5, 0.6) is 0 Å². The molecule has 0 aliphatic rings. The highest BCUT2D eigenvalue weighted by molar-refractivity contribution is 9.10. The smallest absolute Gasteiger partial charge is 0.349 e. The first kappa shape index (κ1) is 35.4. The molecule has 0 heterocycles. The lowest BCUT2D eigenvalue weighted by atomic mass is 10.00. The predicted molar refractivity (Wildman–Crippen MR) is 163 cm³/mol. The molecule has 12 nitrogen and oxygen atoms in total. The van der Waals surface area contributed by atoms with E-state index in [2.05, 4.69) is 27.3 Å². The minimum Gasteiger partial charge on any atom is -0.478 e. The Balaban J connectivity index is 0.000000329. The van der Waals surface area contributed by atoms with Gasteiger partial charge in [0, 0.05) is 10.0 Å². The van der Waals surface area contributed by atoms with Crippen molar-refractivity contribution in [2.75, 3.05) is 12.3 Å². The van der Waals surface area contributed by atoms with Crippen molar-refractivity contribution in [1.29, 1.82) is 5.26 Å². The number of hydrogen-bond acceptors (Lipinski definition) is 10. The summed E-state index contributed by atoms with van der Waals surface area (Å²) in [5, 5.41) is 40.3. The van der Waals surface area contributed by atoms with Crippen LogP contribution in [0.1, 0.15) is 58.7 Å². The molecular formula is C31H32BrN3O9. The van der Waals surface area contributed by atoms with Crippen molar-refractivity contribution < 1.29 is 44.0 Å². The van der Waals surface area contributed by atoms with E-state index < -0.39 is 36.1 Å². The highest BCUT2D eigenvalue weighted by Crippen LogP contribution is 2.28. The molecule has 232 valence electrons. The van der Waals surface area contributed by atoms with Crippen molar-refractivity contribution in [2.45, 2.75) is 44.6 Å². The van der Waals surface area contributed by atoms with E-state index in [9.17, 15) is 34.5 Å². The van der Waals surface area contributed by atoms with Crippen molar-refractivity contribution in [3.05, 3.63) is 99.5 Å². The molecule has 3 atom stereocenters. The predicted octanol–water partition coefficient (Wildman–Crippen LogP) is 3.93. The molecule has 1 unspecified atom stereocenters. The zero-order valence-electron chi connectivity index (χ0n) is 24.1. The maximum Gasteiger partial charge on any atom is 0.349 e. The minimum atomic E-state index is -2.21. The molecular weight excluding hydrogens is 638 g/mol. The molecule has 0 aliphatic carbocycles. The molecule has 3 aromatic carbocycles. The maximum atomic E-state index is 12.0. The third kappa shape index (κ3) is 10.5. The number of aliphatic hydroxyl groups excluding tert-OH is 1. The molecule has 0 amide bonds. The second-order valence-electron chi connectivity index (χ2n) is 10.3. The van der Waals surface area contributed by atoms with Gasteiger partial charge < -0.3 is 35.8 Å². The van der Waals surface area contributed by atoms with Crippen LogP contribution in [0.2, 0.25) is 0 Å². The normalized spacial score (nSPS) is 12.7. The van der Waals surface area contributed by atoms with E-state index in [0.29, 0.717) is 15.7 Å². The molecule has 0 aromatic heterocycles. The third-order valence-electron chi connectivity index (χ3n) is 5.71. The van der Waals surface area contributed by atoms with Crippen molar-refractivity contribution in [2.24, 2.45) is 0 Å². The second kappa shape index (κ2) is 16.2. The van der Waals surface area contributed by atoms with Crippen molar-refractivity contribution >= 4 is 45.5 Å². The first-order chi connectivity index (χ1) is 20.7. The van der Waals surface area contributed by atoms with Gasteiger partial charge in [-0.1, -0.05) is 36.4 Å². The summed E-state index contributed by atoms with van der Waals surface area (Å²) in [6.07, 6.45) is -4.43. The summed E-state index contributed by atoms with van der Waals surface area (Å²) in [6.45, 7) is 6.02. The van der Waals surface area contributed by atoms with E-state index in [-0.39, 0.29) is 29.3 Å². The number of ether oxygens (including phenoxy) is 2. The van der Waals surface area contributed by atoms with Gasteiger partial charge in [0.25, 0.3) is 0 Å². The van der Waals surface area contributed by atoms with Crippen LogP contribution in [0.25, 0.3) is 0 Å². The lowest BCUT2D eigenvalue weighted by molar-refractivity contribution is -0.166. The van der Waals surface area contributed by atoms with Gasteiger partial charge in [0.15, 0.2) is 0 Å². The van der Waals surface area contributed by atoms with E-state index in [0.717, 1.165) is 5.56 Å². The highest BCUT2D eigenvalue weighted by Gasteiger charge is 2.41. The first-order valence-corrected chi connectivity index (χ1v) is 13.8. The van der Waals surface area contributed by atoms with E-state index in [1.807, 2.05) is 26.8 Å². The zero-order valence-corrected chi connectivity index (χ0v) is 25.6. The Morgan fingerprint density at radius 2 is 1.32 bits per heavy atom. The van der Waals surface area contributed by atoms with E-state index >= 15 is 0 Å². The lowest BCUT2D eigenvalue weighted by Crippen LogP contribution is -2.45. The van der Waals surface area contributed by atoms with E-state index in [4.69, 9.17) is 20.5 Å². The SMILES string of the molecule is CC(C)(C)NC(CO)c1cc(Br)c(N)c(C#N)c1.O=C(O[C@@H](C(=O)O)[C@@H](OC(=O)c1ccccc1)C(=O)O)c1ccccc1. The van der Waals surface area contributed by atoms with Gasteiger partial charge in [0.2, 0.25) is 12.2 Å². The molecule has 3 aromatic rings. The number of nitrogens with one attached hydrogen (secondary N) is 1. The number of rotatable bonds is 10. The largest absolute Gasteiger partial charge is 0.478 e. The molecule has 0 bridgehead atoms. The monoisotopic (exact) mass is 669 g/mol. The molecule has 3 rings (SSSR count). The average Bonchev–Trinajstić information content (AvgIpc) is 2.99. The Bertz CT molecular complexity index is 1430. The first-order valence-electron chi connectivity index (χ1n) is 13.0. The molecule has 0 aliphatic heterocycles. The molecule has 6 N–H and O–H groups in total. The fourth-order valence-corrected chi connectivity index (χ4v) is 4.17. The summed E-state index contributed by atoms with van der Waals surface area (Å²) >= 11 is 3.33. The van der Waals surface area contributed by atoms with Gasteiger partial charge in [-0.05, 0) is 78.7 Å². The van der Waals surface area contributed by atoms with Crippen molar-refractivity contribution in [3.8, 4) is 6.07 Å². The van der Waals surface area contributed by atoms with Gasteiger partial charge in [0.05, 0.1) is 35.0 Å². The van der Waals surface area contributed by atoms with E-state index in [1.165, 1.54) is 48.5 Å².